The normalized spacial score (nSPS) is 20.4. The quantitative estimate of drug-likeness (QED) is 0.209. The summed E-state index contributed by atoms with van der Waals surface area (Å²) in [4.78, 5) is 16.8. The largest absolute Gasteiger partial charge is 0.593 e. The fraction of sp³-hybridized carbons (Fsp3) is 0.852. The smallest absolute Gasteiger partial charge is 0.449 e. The molecule has 0 aliphatic carbocycles. The van der Waals surface area contributed by atoms with Gasteiger partial charge >= 0.3 is 6.09 Å². The van der Waals surface area contributed by atoms with Gasteiger partial charge in [0.1, 0.15) is 11.4 Å². The molecule has 1 aliphatic rings. The molecular formula is C27H50N2O3S. The summed E-state index contributed by atoms with van der Waals surface area (Å²) in [5, 5.41) is 0. The van der Waals surface area contributed by atoms with Crippen molar-refractivity contribution in [2.45, 2.75) is 112 Å². The fourth-order valence-corrected chi connectivity index (χ4v) is 5.71. The van der Waals surface area contributed by atoms with Crippen LogP contribution in [0.2, 0.25) is 0 Å². The maximum absolute atomic E-state index is 12.9. The lowest BCUT2D eigenvalue weighted by Crippen LogP contribution is -2.40. The van der Waals surface area contributed by atoms with Crippen LogP contribution in [0.25, 0.3) is 0 Å². The topological polar surface area (TPSA) is 73.8 Å². The Morgan fingerprint density at radius 3 is 2.58 bits per heavy atom. The molecule has 0 radical (unpaired) electrons. The SMILES string of the molecule is CCCCCCC[C@H](C)CC(C)C(C[S+]([O-])NC(=O)OC(C)(C)C)C1=CC(CC)CCN=C1. The average Bonchev–Trinajstić information content (AvgIpc) is 2.95. The van der Waals surface area contributed by atoms with Crippen molar-refractivity contribution in [3.05, 3.63) is 11.6 Å². The summed E-state index contributed by atoms with van der Waals surface area (Å²) in [6.07, 6.45) is 14.7. The highest BCUT2D eigenvalue weighted by molar-refractivity contribution is 7.90. The van der Waals surface area contributed by atoms with E-state index in [1.807, 2.05) is 27.0 Å². The van der Waals surface area contributed by atoms with Gasteiger partial charge in [-0.2, -0.15) is 0 Å². The van der Waals surface area contributed by atoms with Gasteiger partial charge in [-0.1, -0.05) is 72.3 Å². The van der Waals surface area contributed by atoms with Crippen LogP contribution in [0.3, 0.4) is 0 Å². The Balaban J connectivity index is 2.84. The number of hydrogen-bond acceptors (Lipinski definition) is 4. The lowest BCUT2D eigenvalue weighted by Gasteiger charge is -2.28. The Bertz CT molecular complexity index is 615. The highest BCUT2D eigenvalue weighted by Gasteiger charge is 2.30. The number of carbonyl (C=O) groups is 1. The maximum atomic E-state index is 12.9. The zero-order valence-electron chi connectivity index (χ0n) is 22.3. The number of amides is 1. The van der Waals surface area contributed by atoms with Crippen LogP contribution < -0.4 is 4.72 Å². The van der Waals surface area contributed by atoms with Crippen molar-refractivity contribution in [2.75, 3.05) is 12.3 Å². The van der Waals surface area contributed by atoms with Gasteiger partial charge < -0.3 is 9.29 Å². The van der Waals surface area contributed by atoms with Crippen LogP contribution in [0.1, 0.15) is 106 Å². The molecule has 0 bridgehead atoms. The summed E-state index contributed by atoms with van der Waals surface area (Å²) in [7, 11) is 0. The molecule has 0 fully saturated rings. The number of unbranched alkanes of at least 4 members (excludes halogenated alkanes) is 4. The molecule has 192 valence electrons. The zero-order valence-corrected chi connectivity index (χ0v) is 23.1. The molecule has 0 aromatic heterocycles. The van der Waals surface area contributed by atoms with Gasteiger partial charge in [-0.05, 0) is 63.4 Å². The Morgan fingerprint density at radius 2 is 1.94 bits per heavy atom. The summed E-state index contributed by atoms with van der Waals surface area (Å²) in [6, 6.07) is 0. The summed E-state index contributed by atoms with van der Waals surface area (Å²) in [6.45, 7) is 15.3. The molecule has 1 aliphatic heterocycles. The van der Waals surface area contributed by atoms with E-state index in [1.165, 1.54) is 44.1 Å². The van der Waals surface area contributed by atoms with Gasteiger partial charge in [0.2, 0.25) is 0 Å². The van der Waals surface area contributed by atoms with Crippen LogP contribution in [0.4, 0.5) is 4.79 Å². The number of carbonyl (C=O) groups excluding carboxylic acids is 1. The monoisotopic (exact) mass is 482 g/mol. The number of nitrogens with zero attached hydrogens (tertiary/aromatic N) is 1. The van der Waals surface area contributed by atoms with E-state index < -0.39 is 23.1 Å². The first-order valence-electron chi connectivity index (χ1n) is 13.1. The van der Waals surface area contributed by atoms with Crippen molar-refractivity contribution < 1.29 is 14.1 Å². The first-order chi connectivity index (χ1) is 15.6. The van der Waals surface area contributed by atoms with E-state index in [9.17, 15) is 9.35 Å². The molecule has 1 heterocycles. The minimum atomic E-state index is -1.51. The third-order valence-electron chi connectivity index (χ3n) is 6.44. The molecule has 0 spiro atoms. The number of aliphatic imine (C=N–C) groups is 1. The first-order valence-corrected chi connectivity index (χ1v) is 14.5. The minimum absolute atomic E-state index is 0.0965. The lowest BCUT2D eigenvalue weighted by molar-refractivity contribution is 0.0569. The highest BCUT2D eigenvalue weighted by atomic mass is 32.2. The predicted molar refractivity (Wildman–Crippen MR) is 142 cm³/mol. The van der Waals surface area contributed by atoms with E-state index >= 15 is 0 Å². The molecule has 1 amide bonds. The second-order valence-corrected chi connectivity index (χ2v) is 12.1. The number of nitrogens with one attached hydrogen (secondary N) is 1. The van der Waals surface area contributed by atoms with Crippen LogP contribution in [0.5, 0.6) is 0 Å². The summed E-state index contributed by atoms with van der Waals surface area (Å²) >= 11 is -1.51. The molecule has 0 aromatic carbocycles. The Labute approximate surface area is 206 Å². The van der Waals surface area contributed by atoms with Crippen LogP contribution in [-0.2, 0) is 16.1 Å². The number of hydrogen-bond donors (Lipinski definition) is 1. The van der Waals surface area contributed by atoms with E-state index in [1.54, 1.807) is 0 Å². The van der Waals surface area contributed by atoms with Crippen molar-refractivity contribution in [3.63, 3.8) is 0 Å². The van der Waals surface area contributed by atoms with E-state index in [-0.39, 0.29) is 5.92 Å². The fourth-order valence-electron chi connectivity index (χ4n) is 4.55. The second kappa shape index (κ2) is 15.8. The van der Waals surface area contributed by atoms with Gasteiger partial charge in [-0.25, -0.2) is 4.79 Å². The number of rotatable bonds is 14. The summed E-state index contributed by atoms with van der Waals surface area (Å²) in [5.41, 5.74) is 0.569. The first kappa shape index (κ1) is 30.0. The molecule has 1 N–H and O–H groups in total. The number of allylic oxidation sites excluding steroid dienone is 2. The van der Waals surface area contributed by atoms with Crippen LogP contribution >= 0.6 is 0 Å². The molecule has 5 atom stereocenters. The van der Waals surface area contributed by atoms with Gasteiger partial charge in [-0.15, -0.1) is 4.72 Å². The van der Waals surface area contributed by atoms with Crippen molar-refractivity contribution in [2.24, 2.45) is 28.7 Å². The van der Waals surface area contributed by atoms with Gasteiger partial charge in [0, 0.05) is 18.7 Å². The molecule has 1 rings (SSSR count). The minimum Gasteiger partial charge on any atom is -0.593 e. The molecule has 0 aromatic rings. The standard InChI is InChI=1S/C27H50N2O3S/c1-8-10-11-12-13-14-21(3)17-22(4)25(24-18-23(9-2)15-16-28-19-24)20-33(31)29-26(30)32-27(5,6)7/h18-19,21-23,25H,8-17,20H2,1-7H3,(H,29,30)/t21-,22?,23?,25?,33?/m0/s1. The Hall–Kier alpha value is -1.01. The highest BCUT2D eigenvalue weighted by Crippen LogP contribution is 2.31. The molecule has 4 unspecified atom stereocenters. The Morgan fingerprint density at radius 1 is 1.24 bits per heavy atom. The average molecular weight is 483 g/mol. The predicted octanol–water partition coefficient (Wildman–Crippen LogP) is 7.24. The number of ether oxygens (including phenoxy) is 1. The molecule has 5 nitrogen and oxygen atoms in total. The molecule has 33 heavy (non-hydrogen) atoms. The summed E-state index contributed by atoms with van der Waals surface area (Å²) < 4.78 is 20.8. The Kier molecular flexibility index (Phi) is 14.4. The van der Waals surface area contributed by atoms with Crippen molar-refractivity contribution >= 4 is 23.7 Å². The van der Waals surface area contributed by atoms with Crippen LogP contribution in [0.15, 0.2) is 16.6 Å². The van der Waals surface area contributed by atoms with E-state index in [4.69, 9.17) is 4.74 Å². The van der Waals surface area contributed by atoms with E-state index in [0.29, 0.717) is 23.5 Å². The van der Waals surface area contributed by atoms with Crippen molar-refractivity contribution in [3.8, 4) is 0 Å². The van der Waals surface area contributed by atoms with E-state index in [0.717, 1.165) is 25.8 Å². The molecule has 0 saturated heterocycles. The molecule has 0 saturated carbocycles. The van der Waals surface area contributed by atoms with Gasteiger partial charge in [0.15, 0.2) is 0 Å². The lowest BCUT2D eigenvalue weighted by atomic mass is 9.80. The van der Waals surface area contributed by atoms with Crippen molar-refractivity contribution in [1.29, 1.82) is 0 Å². The van der Waals surface area contributed by atoms with Crippen LogP contribution in [-0.4, -0.2) is 34.8 Å². The molecular weight excluding hydrogens is 432 g/mol. The van der Waals surface area contributed by atoms with Crippen LogP contribution in [0, 0.1) is 23.7 Å². The zero-order chi connectivity index (χ0) is 24.9. The third-order valence-corrected chi connectivity index (χ3v) is 7.49. The maximum Gasteiger partial charge on any atom is 0.449 e. The van der Waals surface area contributed by atoms with E-state index in [2.05, 4.69) is 43.5 Å². The summed E-state index contributed by atoms with van der Waals surface area (Å²) in [5.74, 6) is 1.97. The van der Waals surface area contributed by atoms with Gasteiger partial charge in [0.05, 0.1) is 11.4 Å². The van der Waals surface area contributed by atoms with Crippen molar-refractivity contribution in [1.82, 2.24) is 4.72 Å². The van der Waals surface area contributed by atoms with Gasteiger partial charge in [-0.3, -0.25) is 4.99 Å². The second-order valence-electron chi connectivity index (χ2n) is 10.9. The molecule has 6 heteroatoms. The third kappa shape index (κ3) is 13.5. The van der Waals surface area contributed by atoms with Gasteiger partial charge in [0.25, 0.3) is 0 Å².